The van der Waals surface area contributed by atoms with Crippen molar-refractivity contribution in [1.29, 1.82) is 0 Å². The van der Waals surface area contributed by atoms with Crippen LogP contribution in [0.4, 0.5) is 5.69 Å². The van der Waals surface area contributed by atoms with E-state index in [0.29, 0.717) is 18.3 Å². The Morgan fingerprint density at radius 3 is 2.68 bits per heavy atom. The molecule has 0 aliphatic carbocycles. The second-order valence-electron chi connectivity index (χ2n) is 3.80. The summed E-state index contributed by atoms with van der Waals surface area (Å²) in [5.74, 6) is -0.477. The molecule has 0 unspecified atom stereocenters. The second-order valence-corrected chi connectivity index (χ2v) is 4.59. The highest BCUT2D eigenvalue weighted by atomic mass is 35.5. The third kappa shape index (κ3) is 3.28. The SMILES string of the molecule is CCOC(=O)C1=CN(c2ccc(Cl)cc2)CN=C1Cl. The molecule has 0 spiro atoms. The van der Waals surface area contributed by atoms with Crippen molar-refractivity contribution in [1.82, 2.24) is 0 Å². The molecule has 2 rings (SSSR count). The quantitative estimate of drug-likeness (QED) is 0.805. The standard InChI is InChI=1S/C13H12Cl2N2O2/c1-2-19-13(18)11-7-17(8-16-12(11)15)10-5-3-9(14)4-6-10/h3-7H,2,8H2,1H3. The lowest BCUT2D eigenvalue weighted by atomic mass is 10.2. The zero-order valence-electron chi connectivity index (χ0n) is 10.3. The number of nitrogens with zero attached hydrogens (tertiary/aromatic N) is 2. The topological polar surface area (TPSA) is 41.9 Å². The van der Waals surface area contributed by atoms with Crippen LogP contribution < -0.4 is 4.90 Å². The van der Waals surface area contributed by atoms with E-state index in [1.165, 1.54) is 0 Å². The van der Waals surface area contributed by atoms with Gasteiger partial charge < -0.3 is 9.64 Å². The molecule has 1 heterocycles. The van der Waals surface area contributed by atoms with Gasteiger partial charge in [0.05, 0.1) is 6.61 Å². The Hall–Kier alpha value is -1.52. The molecular weight excluding hydrogens is 287 g/mol. The summed E-state index contributed by atoms with van der Waals surface area (Å²) in [5.41, 5.74) is 1.13. The number of aliphatic imine (C=N–C) groups is 1. The second kappa shape index (κ2) is 6.08. The normalized spacial score (nSPS) is 14.8. The van der Waals surface area contributed by atoms with Gasteiger partial charge in [-0.2, -0.15) is 0 Å². The summed E-state index contributed by atoms with van der Waals surface area (Å²) in [6, 6.07) is 7.23. The molecule has 1 aromatic carbocycles. The highest BCUT2D eigenvalue weighted by Crippen LogP contribution is 2.22. The van der Waals surface area contributed by atoms with Crippen LogP contribution in [0.2, 0.25) is 5.02 Å². The molecule has 1 aromatic rings. The first-order valence-corrected chi connectivity index (χ1v) is 6.49. The number of benzene rings is 1. The minimum atomic E-state index is -0.477. The lowest BCUT2D eigenvalue weighted by Gasteiger charge is -2.23. The fraction of sp³-hybridized carbons (Fsp3) is 0.231. The Kier molecular flexibility index (Phi) is 4.45. The molecule has 0 bridgehead atoms. The average molecular weight is 299 g/mol. The van der Waals surface area contributed by atoms with E-state index in [1.807, 2.05) is 12.1 Å². The van der Waals surface area contributed by atoms with Crippen LogP contribution in [0.3, 0.4) is 0 Å². The smallest absolute Gasteiger partial charge is 0.342 e. The van der Waals surface area contributed by atoms with Crippen LogP contribution in [0.5, 0.6) is 0 Å². The van der Waals surface area contributed by atoms with Gasteiger partial charge in [-0.1, -0.05) is 23.2 Å². The van der Waals surface area contributed by atoms with Crippen LogP contribution in [-0.4, -0.2) is 24.4 Å². The molecule has 4 nitrogen and oxygen atoms in total. The van der Waals surface area contributed by atoms with Crippen molar-refractivity contribution in [2.75, 3.05) is 18.2 Å². The molecule has 6 heteroatoms. The summed E-state index contributed by atoms with van der Waals surface area (Å²) in [6.45, 7) is 2.38. The van der Waals surface area contributed by atoms with Gasteiger partial charge >= 0.3 is 5.97 Å². The van der Waals surface area contributed by atoms with E-state index in [1.54, 1.807) is 30.2 Å². The molecule has 100 valence electrons. The van der Waals surface area contributed by atoms with Crippen molar-refractivity contribution in [2.45, 2.75) is 6.92 Å². The lowest BCUT2D eigenvalue weighted by molar-refractivity contribution is -0.137. The van der Waals surface area contributed by atoms with Crippen LogP contribution in [0, 0.1) is 0 Å². The predicted octanol–water partition coefficient (Wildman–Crippen LogP) is 3.20. The predicted molar refractivity (Wildman–Crippen MR) is 76.8 cm³/mol. The molecule has 0 aromatic heterocycles. The number of carbonyl (C=O) groups is 1. The summed E-state index contributed by atoms with van der Waals surface area (Å²) in [5, 5.41) is 0.820. The number of ether oxygens (including phenoxy) is 1. The van der Waals surface area contributed by atoms with Crippen LogP contribution in [0.1, 0.15) is 6.92 Å². The first-order valence-electron chi connectivity index (χ1n) is 5.73. The van der Waals surface area contributed by atoms with Gasteiger partial charge in [0.2, 0.25) is 0 Å². The maximum atomic E-state index is 11.7. The third-order valence-corrected chi connectivity index (χ3v) is 3.10. The fourth-order valence-corrected chi connectivity index (χ4v) is 1.91. The zero-order valence-corrected chi connectivity index (χ0v) is 11.8. The van der Waals surface area contributed by atoms with Crippen LogP contribution in [0.15, 0.2) is 41.0 Å². The van der Waals surface area contributed by atoms with Crippen LogP contribution >= 0.6 is 23.2 Å². The molecule has 1 aliphatic heterocycles. The summed E-state index contributed by atoms with van der Waals surface area (Å²) in [4.78, 5) is 17.6. The highest BCUT2D eigenvalue weighted by Gasteiger charge is 2.21. The van der Waals surface area contributed by atoms with E-state index in [0.717, 1.165) is 5.69 Å². The van der Waals surface area contributed by atoms with E-state index in [2.05, 4.69) is 4.99 Å². The van der Waals surface area contributed by atoms with Crippen molar-refractivity contribution >= 4 is 40.0 Å². The minimum Gasteiger partial charge on any atom is -0.462 e. The van der Waals surface area contributed by atoms with Crippen molar-refractivity contribution in [3.63, 3.8) is 0 Å². The van der Waals surface area contributed by atoms with E-state index in [9.17, 15) is 4.79 Å². The number of halogens is 2. The molecule has 0 amide bonds. The van der Waals surface area contributed by atoms with E-state index in [4.69, 9.17) is 27.9 Å². The van der Waals surface area contributed by atoms with E-state index < -0.39 is 5.97 Å². The van der Waals surface area contributed by atoms with Crippen molar-refractivity contribution in [2.24, 2.45) is 4.99 Å². The highest BCUT2D eigenvalue weighted by molar-refractivity contribution is 6.72. The largest absolute Gasteiger partial charge is 0.462 e. The van der Waals surface area contributed by atoms with Crippen molar-refractivity contribution in [3.8, 4) is 0 Å². The maximum absolute atomic E-state index is 11.7. The van der Waals surface area contributed by atoms with Crippen LogP contribution in [0.25, 0.3) is 0 Å². The molecule has 0 saturated carbocycles. The molecule has 0 fully saturated rings. The van der Waals surface area contributed by atoms with Gasteiger partial charge in [-0.25, -0.2) is 4.79 Å². The molecule has 0 saturated heterocycles. The fourth-order valence-electron chi connectivity index (χ4n) is 1.61. The van der Waals surface area contributed by atoms with Crippen LogP contribution in [-0.2, 0) is 9.53 Å². The molecule has 0 radical (unpaired) electrons. The van der Waals surface area contributed by atoms with Gasteiger partial charge in [-0.05, 0) is 31.2 Å². The first-order chi connectivity index (χ1) is 9.11. The Bertz CT molecular complexity index is 538. The first kappa shape index (κ1) is 13.9. The zero-order chi connectivity index (χ0) is 13.8. The monoisotopic (exact) mass is 298 g/mol. The Labute approximate surface area is 121 Å². The number of rotatable bonds is 3. The van der Waals surface area contributed by atoms with Crippen molar-refractivity contribution < 1.29 is 9.53 Å². The summed E-state index contributed by atoms with van der Waals surface area (Å²) < 4.78 is 4.93. The van der Waals surface area contributed by atoms with E-state index >= 15 is 0 Å². The van der Waals surface area contributed by atoms with E-state index in [-0.39, 0.29) is 10.7 Å². The van der Waals surface area contributed by atoms with Gasteiger partial charge in [0.25, 0.3) is 0 Å². The maximum Gasteiger partial charge on any atom is 0.342 e. The molecule has 19 heavy (non-hydrogen) atoms. The van der Waals surface area contributed by atoms with Gasteiger partial charge in [-0.15, -0.1) is 0 Å². The molecule has 0 atom stereocenters. The number of hydrogen-bond acceptors (Lipinski definition) is 4. The number of anilines is 1. The Morgan fingerprint density at radius 2 is 2.05 bits per heavy atom. The lowest BCUT2D eigenvalue weighted by Crippen LogP contribution is -2.26. The Balaban J connectivity index is 2.25. The minimum absolute atomic E-state index is 0.170. The number of esters is 1. The summed E-state index contributed by atoms with van der Waals surface area (Å²) >= 11 is 11.8. The molecule has 1 aliphatic rings. The van der Waals surface area contributed by atoms with Gasteiger partial charge in [0.1, 0.15) is 17.4 Å². The molecule has 0 N–H and O–H groups in total. The summed E-state index contributed by atoms with van der Waals surface area (Å²) in [7, 11) is 0. The third-order valence-electron chi connectivity index (χ3n) is 2.52. The summed E-state index contributed by atoms with van der Waals surface area (Å²) in [6.07, 6.45) is 1.64. The Morgan fingerprint density at radius 1 is 1.37 bits per heavy atom. The average Bonchev–Trinajstić information content (AvgIpc) is 2.40. The number of carbonyl (C=O) groups excluding carboxylic acids is 1. The van der Waals surface area contributed by atoms with Gasteiger partial charge in [0.15, 0.2) is 0 Å². The van der Waals surface area contributed by atoms with Crippen molar-refractivity contribution in [3.05, 3.63) is 41.1 Å². The number of hydrogen-bond donors (Lipinski definition) is 0. The molecular formula is C13H12Cl2N2O2. The van der Waals surface area contributed by atoms with Gasteiger partial charge in [0, 0.05) is 16.9 Å². The van der Waals surface area contributed by atoms with Gasteiger partial charge in [-0.3, -0.25) is 4.99 Å².